The van der Waals surface area contributed by atoms with Gasteiger partial charge in [-0.2, -0.15) is 0 Å². The maximum absolute atomic E-state index is 11.3. The average Bonchev–Trinajstić information content (AvgIpc) is 2.18. The lowest BCUT2D eigenvalue weighted by molar-refractivity contribution is -0.116. The molecule has 2 nitrogen and oxygen atoms in total. The van der Waals surface area contributed by atoms with E-state index in [4.69, 9.17) is 16.3 Å². The predicted molar refractivity (Wildman–Crippen MR) is 73.4 cm³/mol. The third kappa shape index (κ3) is 3.26. The van der Waals surface area contributed by atoms with Gasteiger partial charge in [0.15, 0.2) is 0 Å². The molecule has 1 aromatic rings. The van der Waals surface area contributed by atoms with Crippen molar-refractivity contribution in [3.05, 3.63) is 28.3 Å². The molecule has 98 valence electrons. The summed E-state index contributed by atoms with van der Waals surface area (Å²) in [4.78, 5) is 11.3. The maximum atomic E-state index is 11.3. The average molecular weight is 267 g/mol. The summed E-state index contributed by atoms with van der Waals surface area (Å²) in [5, 5.41) is 0.616. The van der Waals surface area contributed by atoms with E-state index in [2.05, 4.69) is 0 Å². The molecule has 0 unspecified atom stereocenters. The molecule has 0 amide bonds. The smallest absolute Gasteiger partial charge is 0.141 e. The fourth-order valence-corrected chi connectivity index (χ4v) is 2.57. The van der Waals surface area contributed by atoms with Gasteiger partial charge in [0.1, 0.15) is 11.5 Å². The first-order chi connectivity index (χ1) is 8.56. The highest BCUT2D eigenvalue weighted by molar-refractivity contribution is 6.32. The Morgan fingerprint density at radius 2 is 2.17 bits per heavy atom. The number of hydrogen-bond donors (Lipinski definition) is 0. The van der Waals surface area contributed by atoms with Crippen LogP contribution in [0.1, 0.15) is 37.3 Å². The molecule has 0 spiro atoms. The van der Waals surface area contributed by atoms with Crippen molar-refractivity contribution in [3.8, 4) is 5.75 Å². The topological polar surface area (TPSA) is 26.3 Å². The van der Waals surface area contributed by atoms with E-state index in [1.54, 1.807) is 6.92 Å². The van der Waals surface area contributed by atoms with Gasteiger partial charge in [0, 0.05) is 12.0 Å². The highest BCUT2D eigenvalue weighted by Crippen LogP contribution is 2.33. The van der Waals surface area contributed by atoms with E-state index < -0.39 is 0 Å². The van der Waals surface area contributed by atoms with Crippen LogP contribution in [-0.4, -0.2) is 12.4 Å². The summed E-state index contributed by atoms with van der Waals surface area (Å²) >= 11 is 6.23. The molecule has 0 saturated heterocycles. The molecule has 1 saturated carbocycles. The molecule has 0 aromatic heterocycles. The summed E-state index contributed by atoms with van der Waals surface area (Å²) in [7, 11) is 0. The van der Waals surface area contributed by atoms with Crippen LogP contribution in [0.2, 0.25) is 5.02 Å². The molecule has 18 heavy (non-hydrogen) atoms. The zero-order valence-corrected chi connectivity index (χ0v) is 11.7. The molecule has 0 bridgehead atoms. The van der Waals surface area contributed by atoms with Crippen molar-refractivity contribution in [2.75, 3.05) is 6.61 Å². The van der Waals surface area contributed by atoms with Crippen LogP contribution in [0.25, 0.3) is 0 Å². The first-order valence-electron chi connectivity index (χ1n) is 6.47. The number of hydrogen-bond acceptors (Lipinski definition) is 2. The van der Waals surface area contributed by atoms with E-state index in [0.717, 1.165) is 11.1 Å². The van der Waals surface area contributed by atoms with Gasteiger partial charge in [-0.3, -0.25) is 4.79 Å². The number of halogens is 1. The summed E-state index contributed by atoms with van der Waals surface area (Å²) in [5.41, 5.74) is 1.97. The van der Waals surface area contributed by atoms with E-state index in [1.165, 1.54) is 19.3 Å². The third-order valence-corrected chi connectivity index (χ3v) is 3.67. The van der Waals surface area contributed by atoms with Gasteiger partial charge in [-0.05, 0) is 44.2 Å². The number of carbonyl (C=O) groups excluding carboxylic acids is 1. The van der Waals surface area contributed by atoms with Crippen molar-refractivity contribution in [3.63, 3.8) is 0 Å². The number of Topliss-reactive ketones (excluding diaryl/α,β-unsaturated/α-hetero) is 1. The van der Waals surface area contributed by atoms with Gasteiger partial charge in [-0.15, -0.1) is 0 Å². The van der Waals surface area contributed by atoms with Crippen molar-refractivity contribution >= 4 is 17.4 Å². The number of carbonyl (C=O) groups is 1. The molecular formula is C15H19ClO2. The zero-order chi connectivity index (χ0) is 13.1. The summed E-state index contributed by atoms with van der Waals surface area (Å²) in [6.07, 6.45) is 4.18. The maximum Gasteiger partial charge on any atom is 0.141 e. The van der Waals surface area contributed by atoms with Crippen LogP contribution in [0.5, 0.6) is 5.75 Å². The van der Waals surface area contributed by atoms with Gasteiger partial charge in [0.05, 0.1) is 11.6 Å². The molecule has 2 rings (SSSR count). The largest absolute Gasteiger partial charge is 0.491 e. The van der Waals surface area contributed by atoms with E-state index in [9.17, 15) is 4.79 Å². The Kier molecular flexibility index (Phi) is 4.28. The van der Waals surface area contributed by atoms with Gasteiger partial charge >= 0.3 is 0 Å². The zero-order valence-electron chi connectivity index (χ0n) is 11.0. The molecule has 1 aromatic carbocycles. The van der Waals surface area contributed by atoms with E-state index >= 15 is 0 Å². The lowest BCUT2D eigenvalue weighted by atomic mass is 9.86. The number of rotatable bonds is 5. The van der Waals surface area contributed by atoms with Crippen molar-refractivity contribution in [2.45, 2.75) is 39.5 Å². The Labute approximate surface area is 113 Å². The van der Waals surface area contributed by atoms with Crippen LogP contribution in [0.15, 0.2) is 12.1 Å². The monoisotopic (exact) mass is 266 g/mol. The molecule has 0 atom stereocenters. The van der Waals surface area contributed by atoms with Gasteiger partial charge in [0.2, 0.25) is 0 Å². The Bertz CT molecular complexity index is 450. The SMILES string of the molecule is CC(=O)Cc1cc(C)cc(Cl)c1OCC1CCC1. The summed E-state index contributed by atoms with van der Waals surface area (Å²) < 4.78 is 5.84. The van der Waals surface area contributed by atoms with Crippen LogP contribution in [0.3, 0.4) is 0 Å². The minimum Gasteiger partial charge on any atom is -0.491 e. The highest BCUT2D eigenvalue weighted by Gasteiger charge is 2.20. The second-order valence-electron chi connectivity index (χ2n) is 5.22. The second kappa shape index (κ2) is 5.75. The number of ether oxygens (including phenoxy) is 1. The van der Waals surface area contributed by atoms with Crippen molar-refractivity contribution in [1.82, 2.24) is 0 Å². The van der Waals surface area contributed by atoms with Gasteiger partial charge in [-0.25, -0.2) is 0 Å². The molecule has 0 radical (unpaired) electrons. The van der Waals surface area contributed by atoms with Crippen molar-refractivity contribution in [2.24, 2.45) is 5.92 Å². The van der Waals surface area contributed by atoms with Crippen molar-refractivity contribution in [1.29, 1.82) is 0 Å². The summed E-state index contributed by atoms with van der Waals surface area (Å²) in [6, 6.07) is 3.88. The Balaban J connectivity index is 2.16. The number of aryl methyl sites for hydroxylation is 1. The fourth-order valence-electron chi connectivity index (χ4n) is 2.22. The second-order valence-corrected chi connectivity index (χ2v) is 5.63. The Morgan fingerprint density at radius 1 is 1.44 bits per heavy atom. The minimum absolute atomic E-state index is 0.130. The van der Waals surface area contributed by atoms with Crippen molar-refractivity contribution < 1.29 is 9.53 Å². The molecule has 0 N–H and O–H groups in total. The lowest BCUT2D eigenvalue weighted by Crippen LogP contribution is -2.20. The normalized spacial score (nSPS) is 15.3. The van der Waals surface area contributed by atoms with Crippen LogP contribution in [-0.2, 0) is 11.2 Å². The Hall–Kier alpha value is -1.02. The molecule has 1 aliphatic rings. The molecule has 3 heteroatoms. The standard InChI is InChI=1S/C15H19ClO2/c1-10-6-13(8-11(2)17)15(14(16)7-10)18-9-12-4-3-5-12/h6-7,12H,3-5,8-9H2,1-2H3. The first-order valence-corrected chi connectivity index (χ1v) is 6.85. The quantitative estimate of drug-likeness (QED) is 0.806. The van der Waals surface area contributed by atoms with Gasteiger partial charge < -0.3 is 4.74 Å². The predicted octanol–water partition coefficient (Wildman–Crippen LogP) is 3.96. The van der Waals surface area contributed by atoms with Gasteiger partial charge in [-0.1, -0.05) is 24.1 Å². The van der Waals surface area contributed by atoms with Crippen LogP contribution >= 0.6 is 11.6 Å². The number of ketones is 1. The van der Waals surface area contributed by atoms with Crippen LogP contribution in [0, 0.1) is 12.8 Å². The van der Waals surface area contributed by atoms with Gasteiger partial charge in [0.25, 0.3) is 0 Å². The summed E-state index contributed by atoms with van der Waals surface area (Å²) in [5.74, 6) is 1.49. The first kappa shape index (κ1) is 13.4. The third-order valence-electron chi connectivity index (χ3n) is 3.39. The molecule has 0 aliphatic heterocycles. The van der Waals surface area contributed by atoms with E-state index in [1.807, 2.05) is 19.1 Å². The summed E-state index contributed by atoms with van der Waals surface area (Å²) in [6.45, 7) is 4.28. The number of benzene rings is 1. The fraction of sp³-hybridized carbons (Fsp3) is 0.533. The minimum atomic E-state index is 0.130. The highest BCUT2D eigenvalue weighted by atomic mass is 35.5. The lowest BCUT2D eigenvalue weighted by Gasteiger charge is -2.26. The molecule has 1 aliphatic carbocycles. The molecular weight excluding hydrogens is 248 g/mol. The molecule has 1 fully saturated rings. The van der Waals surface area contributed by atoms with E-state index in [0.29, 0.717) is 29.7 Å². The van der Waals surface area contributed by atoms with Crippen LogP contribution in [0.4, 0.5) is 0 Å². The van der Waals surface area contributed by atoms with Crippen LogP contribution < -0.4 is 4.74 Å². The van der Waals surface area contributed by atoms with E-state index in [-0.39, 0.29) is 5.78 Å². The molecule has 0 heterocycles. The Morgan fingerprint density at radius 3 is 2.72 bits per heavy atom.